The molecule has 1 N–H and O–H groups in total. The highest BCUT2D eigenvalue weighted by atomic mass is 16.5. The maximum atomic E-state index is 9.86. The predicted octanol–water partition coefficient (Wildman–Crippen LogP) is 4.31. The number of nitrogens with zero attached hydrogens (tertiary/aromatic N) is 1. The minimum atomic E-state index is -0.520. The maximum absolute atomic E-state index is 9.86. The molecule has 3 nitrogen and oxygen atoms in total. The van der Waals surface area contributed by atoms with Crippen molar-refractivity contribution in [1.82, 2.24) is 0 Å². The van der Waals surface area contributed by atoms with Crippen molar-refractivity contribution in [3.63, 3.8) is 0 Å². The number of phenols is 1. The van der Waals surface area contributed by atoms with Crippen LogP contribution in [0, 0.1) is 0 Å². The van der Waals surface area contributed by atoms with Gasteiger partial charge in [0.25, 0.3) is 0 Å². The van der Waals surface area contributed by atoms with E-state index in [4.69, 9.17) is 4.74 Å². The molecule has 106 valence electrons. The Hall–Kier alpha value is -2.55. The van der Waals surface area contributed by atoms with Crippen LogP contribution in [0.1, 0.15) is 19.4 Å². The largest absolute Gasteiger partial charge is 0.506 e. The average molecular weight is 279 g/mol. The maximum Gasteiger partial charge on any atom is 0.145 e. The topological polar surface area (TPSA) is 41.8 Å². The molecule has 3 rings (SSSR count). The summed E-state index contributed by atoms with van der Waals surface area (Å²) >= 11 is 0. The van der Waals surface area contributed by atoms with E-state index in [9.17, 15) is 5.11 Å². The van der Waals surface area contributed by atoms with Gasteiger partial charge in [-0.05, 0) is 26.0 Å². The second-order valence-electron chi connectivity index (χ2n) is 5.47. The molecule has 0 unspecified atom stereocenters. The van der Waals surface area contributed by atoms with E-state index in [0.717, 1.165) is 17.0 Å². The second kappa shape index (κ2) is 5.09. The van der Waals surface area contributed by atoms with E-state index in [2.05, 4.69) is 4.99 Å². The lowest BCUT2D eigenvalue weighted by molar-refractivity contribution is 0.158. The van der Waals surface area contributed by atoms with Crippen molar-refractivity contribution in [2.24, 2.45) is 4.99 Å². The van der Waals surface area contributed by atoms with Crippen molar-refractivity contribution >= 4 is 17.2 Å². The van der Waals surface area contributed by atoms with Crippen molar-refractivity contribution in [3.8, 4) is 5.75 Å². The number of phenolic OH excluding ortho intramolecular Hbond substituents is 1. The third-order valence-corrected chi connectivity index (χ3v) is 3.43. The number of benzene rings is 2. The smallest absolute Gasteiger partial charge is 0.145 e. The zero-order valence-electron chi connectivity index (χ0n) is 12.1. The first-order chi connectivity index (χ1) is 10.1. The Morgan fingerprint density at radius 3 is 2.33 bits per heavy atom. The number of rotatable bonds is 2. The van der Waals surface area contributed by atoms with Crippen molar-refractivity contribution in [2.45, 2.75) is 19.4 Å². The van der Waals surface area contributed by atoms with Gasteiger partial charge in [0.15, 0.2) is 0 Å². The van der Waals surface area contributed by atoms with E-state index in [0.29, 0.717) is 5.69 Å². The molecule has 0 saturated heterocycles. The van der Waals surface area contributed by atoms with Crippen LogP contribution < -0.4 is 0 Å². The standard InChI is InChI=1S/C18H17NO2/c1-18(2)17(19-14-10-6-7-11-15(14)20)12-16(21-18)13-8-4-3-5-9-13/h3-12,20H,1-2H3. The first-order valence-electron chi connectivity index (χ1n) is 6.89. The summed E-state index contributed by atoms with van der Waals surface area (Å²) in [6.07, 6.45) is 1.93. The molecule has 0 aromatic heterocycles. The van der Waals surface area contributed by atoms with E-state index in [1.807, 2.05) is 56.3 Å². The van der Waals surface area contributed by atoms with Crippen LogP contribution in [0.3, 0.4) is 0 Å². The van der Waals surface area contributed by atoms with Gasteiger partial charge in [-0.1, -0.05) is 42.5 Å². The van der Waals surface area contributed by atoms with Crippen molar-refractivity contribution < 1.29 is 9.84 Å². The summed E-state index contributed by atoms with van der Waals surface area (Å²) in [5.41, 5.74) is 1.85. The Morgan fingerprint density at radius 2 is 1.62 bits per heavy atom. The molecule has 1 aliphatic rings. The van der Waals surface area contributed by atoms with E-state index in [1.165, 1.54) is 0 Å². The first kappa shape index (κ1) is 13.4. The molecule has 0 bridgehead atoms. The van der Waals surface area contributed by atoms with Crippen LogP contribution in [0.15, 0.2) is 65.7 Å². The molecule has 0 amide bonds. The van der Waals surface area contributed by atoms with Crippen LogP contribution in [0.25, 0.3) is 5.76 Å². The highest BCUT2D eigenvalue weighted by Crippen LogP contribution is 2.34. The molecule has 2 aromatic carbocycles. The van der Waals surface area contributed by atoms with Gasteiger partial charge in [0.1, 0.15) is 22.8 Å². The van der Waals surface area contributed by atoms with Crippen molar-refractivity contribution in [1.29, 1.82) is 0 Å². The van der Waals surface area contributed by atoms with E-state index in [-0.39, 0.29) is 5.75 Å². The summed E-state index contributed by atoms with van der Waals surface area (Å²) in [4.78, 5) is 4.55. The van der Waals surface area contributed by atoms with Gasteiger partial charge in [-0.25, -0.2) is 4.99 Å². The van der Waals surface area contributed by atoms with E-state index >= 15 is 0 Å². The monoisotopic (exact) mass is 279 g/mol. The Morgan fingerprint density at radius 1 is 0.952 bits per heavy atom. The lowest BCUT2D eigenvalue weighted by atomic mass is 10.0. The first-order valence-corrected chi connectivity index (χ1v) is 6.89. The minimum absolute atomic E-state index is 0.169. The number of aliphatic imine (C=N–C) groups is 1. The summed E-state index contributed by atoms with van der Waals surface area (Å²) in [5.74, 6) is 0.970. The number of ether oxygens (including phenoxy) is 1. The summed E-state index contributed by atoms with van der Waals surface area (Å²) in [6, 6.07) is 17.0. The Kier molecular flexibility index (Phi) is 3.26. The second-order valence-corrected chi connectivity index (χ2v) is 5.47. The van der Waals surface area contributed by atoms with Crippen LogP contribution in [-0.2, 0) is 4.74 Å². The van der Waals surface area contributed by atoms with Gasteiger partial charge in [0.05, 0.1) is 5.71 Å². The quantitative estimate of drug-likeness (QED) is 0.889. The molecule has 1 aliphatic heterocycles. The Balaban J connectivity index is 2.02. The summed E-state index contributed by atoms with van der Waals surface area (Å²) in [5, 5.41) is 9.86. The Labute approximate surface area is 124 Å². The van der Waals surface area contributed by atoms with Gasteiger partial charge in [0, 0.05) is 11.6 Å². The summed E-state index contributed by atoms with van der Waals surface area (Å²) < 4.78 is 6.01. The average Bonchev–Trinajstić information content (AvgIpc) is 2.78. The van der Waals surface area contributed by atoms with Gasteiger partial charge < -0.3 is 9.84 Å². The van der Waals surface area contributed by atoms with Crippen LogP contribution in [-0.4, -0.2) is 16.4 Å². The van der Waals surface area contributed by atoms with Crippen LogP contribution in [0.4, 0.5) is 5.69 Å². The van der Waals surface area contributed by atoms with E-state index in [1.54, 1.807) is 18.2 Å². The third kappa shape index (κ3) is 2.68. The number of hydrogen-bond donors (Lipinski definition) is 1. The molecule has 0 spiro atoms. The van der Waals surface area contributed by atoms with Crippen LogP contribution in [0.2, 0.25) is 0 Å². The molecule has 2 aromatic rings. The molecule has 0 atom stereocenters. The summed E-state index contributed by atoms with van der Waals surface area (Å²) in [7, 11) is 0. The molecule has 0 fully saturated rings. The molecular formula is C18H17NO2. The fraction of sp³-hybridized carbons (Fsp3) is 0.167. The molecule has 3 heteroatoms. The van der Waals surface area contributed by atoms with Gasteiger partial charge in [0.2, 0.25) is 0 Å². The van der Waals surface area contributed by atoms with Crippen molar-refractivity contribution in [2.75, 3.05) is 0 Å². The molecule has 21 heavy (non-hydrogen) atoms. The lowest BCUT2D eigenvalue weighted by Crippen LogP contribution is -2.28. The Bertz CT molecular complexity index is 715. The number of para-hydroxylation sites is 2. The fourth-order valence-electron chi connectivity index (χ4n) is 2.25. The van der Waals surface area contributed by atoms with Crippen LogP contribution >= 0.6 is 0 Å². The van der Waals surface area contributed by atoms with Gasteiger partial charge >= 0.3 is 0 Å². The van der Waals surface area contributed by atoms with E-state index < -0.39 is 5.60 Å². The van der Waals surface area contributed by atoms with Crippen molar-refractivity contribution in [3.05, 3.63) is 66.2 Å². The zero-order chi connectivity index (χ0) is 14.9. The highest BCUT2D eigenvalue weighted by molar-refractivity contribution is 6.09. The molecule has 1 heterocycles. The molecular weight excluding hydrogens is 262 g/mol. The third-order valence-electron chi connectivity index (χ3n) is 3.43. The molecule has 0 saturated carbocycles. The molecule has 0 aliphatic carbocycles. The van der Waals surface area contributed by atoms with Crippen LogP contribution in [0.5, 0.6) is 5.75 Å². The summed E-state index contributed by atoms with van der Waals surface area (Å²) in [6.45, 7) is 3.94. The molecule has 0 radical (unpaired) electrons. The number of hydrogen-bond acceptors (Lipinski definition) is 3. The normalized spacial score (nSPS) is 18.4. The number of aromatic hydroxyl groups is 1. The van der Waals surface area contributed by atoms with Gasteiger partial charge in [-0.15, -0.1) is 0 Å². The fourth-order valence-corrected chi connectivity index (χ4v) is 2.25. The lowest BCUT2D eigenvalue weighted by Gasteiger charge is -2.21. The predicted molar refractivity (Wildman–Crippen MR) is 84.8 cm³/mol. The van der Waals surface area contributed by atoms with Gasteiger partial charge in [-0.3, -0.25) is 0 Å². The zero-order valence-corrected chi connectivity index (χ0v) is 12.1. The minimum Gasteiger partial charge on any atom is -0.506 e. The highest BCUT2D eigenvalue weighted by Gasteiger charge is 2.33. The van der Waals surface area contributed by atoms with Gasteiger partial charge in [-0.2, -0.15) is 0 Å². The SMILES string of the molecule is CC1(C)OC(c2ccccc2)=CC1=Nc1ccccc1O.